The first-order valence-corrected chi connectivity index (χ1v) is 12.2. The average molecular weight is 478 g/mol. The summed E-state index contributed by atoms with van der Waals surface area (Å²) in [7, 11) is 2.17. The van der Waals surface area contributed by atoms with Gasteiger partial charge in [0.25, 0.3) is 0 Å². The van der Waals surface area contributed by atoms with Gasteiger partial charge < -0.3 is 37.3 Å². The molecule has 3 heterocycles. The topological polar surface area (TPSA) is 131 Å². The van der Waals surface area contributed by atoms with Gasteiger partial charge in [0.05, 0.1) is 11.4 Å². The summed E-state index contributed by atoms with van der Waals surface area (Å²) in [6, 6.07) is 0. The molecule has 9 heteroatoms. The number of allylic oxidation sites excluding steroid dienone is 6. The number of nitrogens with two attached hydrogens (primary N) is 2. The minimum atomic E-state index is 0.203. The SMILES string of the molecule is CC(C)C(C=N)=CC(N)=NC1=CC=C2NC=C(C(C=NCCCN3CCN(C)CC3)=CN)C=C2N1. The summed E-state index contributed by atoms with van der Waals surface area (Å²) in [5.74, 6) is 1.17. The van der Waals surface area contributed by atoms with Gasteiger partial charge in [-0.3, -0.25) is 4.99 Å². The number of amidine groups is 1. The quantitative estimate of drug-likeness (QED) is 0.185. The maximum absolute atomic E-state index is 7.53. The van der Waals surface area contributed by atoms with Gasteiger partial charge in [-0.15, -0.1) is 0 Å². The molecule has 188 valence electrons. The van der Waals surface area contributed by atoms with Crippen LogP contribution >= 0.6 is 0 Å². The lowest BCUT2D eigenvalue weighted by Gasteiger charge is -2.32. The van der Waals surface area contributed by atoms with Gasteiger partial charge >= 0.3 is 0 Å². The maximum atomic E-state index is 7.53. The number of hydrogen-bond donors (Lipinski definition) is 5. The van der Waals surface area contributed by atoms with Crippen molar-refractivity contribution < 1.29 is 0 Å². The van der Waals surface area contributed by atoms with Gasteiger partial charge in [-0.05, 0) is 55.8 Å². The molecule has 0 aromatic carbocycles. The fourth-order valence-electron chi connectivity index (χ4n) is 3.87. The third-order valence-corrected chi connectivity index (χ3v) is 6.14. The highest BCUT2D eigenvalue weighted by molar-refractivity contribution is 5.97. The number of aliphatic imine (C=N–C) groups is 2. The molecular weight excluding hydrogens is 438 g/mol. The van der Waals surface area contributed by atoms with Crippen LogP contribution in [0, 0.1) is 11.3 Å². The highest BCUT2D eigenvalue weighted by Crippen LogP contribution is 2.22. The molecule has 0 atom stereocenters. The van der Waals surface area contributed by atoms with Crippen LogP contribution in [0.4, 0.5) is 0 Å². The van der Waals surface area contributed by atoms with Crippen molar-refractivity contribution in [3.63, 3.8) is 0 Å². The van der Waals surface area contributed by atoms with E-state index in [0.717, 1.165) is 73.8 Å². The molecule has 0 bridgehead atoms. The molecule has 7 N–H and O–H groups in total. The van der Waals surface area contributed by atoms with E-state index in [1.807, 2.05) is 44.5 Å². The van der Waals surface area contributed by atoms with Gasteiger partial charge in [0.2, 0.25) is 0 Å². The molecule has 1 saturated heterocycles. The zero-order chi connectivity index (χ0) is 25.2. The number of fused-ring (bicyclic) bond motifs is 1. The Kier molecular flexibility index (Phi) is 9.63. The Morgan fingerprint density at radius 1 is 1.20 bits per heavy atom. The Labute approximate surface area is 208 Å². The minimum Gasteiger partial charge on any atom is -0.404 e. The zero-order valence-electron chi connectivity index (χ0n) is 21.1. The summed E-state index contributed by atoms with van der Waals surface area (Å²) in [5, 5.41) is 14.1. The third kappa shape index (κ3) is 7.80. The summed E-state index contributed by atoms with van der Waals surface area (Å²) in [6.45, 7) is 10.4. The summed E-state index contributed by atoms with van der Waals surface area (Å²) in [4.78, 5) is 13.9. The predicted octanol–water partition coefficient (Wildman–Crippen LogP) is 1.83. The largest absolute Gasteiger partial charge is 0.404 e. The molecule has 0 amide bonds. The fraction of sp³-hybridized carbons (Fsp3) is 0.423. The van der Waals surface area contributed by atoms with E-state index in [1.165, 1.54) is 6.21 Å². The fourth-order valence-corrected chi connectivity index (χ4v) is 3.87. The first-order valence-electron chi connectivity index (χ1n) is 12.2. The second-order valence-electron chi connectivity index (χ2n) is 9.20. The molecule has 0 saturated carbocycles. The van der Waals surface area contributed by atoms with Crippen molar-refractivity contribution in [3.8, 4) is 0 Å². The third-order valence-electron chi connectivity index (χ3n) is 6.14. The van der Waals surface area contributed by atoms with Gasteiger partial charge in [-0.1, -0.05) is 13.8 Å². The Bertz CT molecular complexity index is 1010. The number of rotatable bonds is 10. The van der Waals surface area contributed by atoms with E-state index in [-0.39, 0.29) is 5.92 Å². The molecule has 0 aromatic rings. The average Bonchev–Trinajstić information content (AvgIpc) is 2.85. The number of likely N-dealkylation sites (N-methyl/N-ethyl adjacent to an activating group) is 1. The van der Waals surface area contributed by atoms with Crippen molar-refractivity contribution in [1.82, 2.24) is 20.4 Å². The lowest BCUT2D eigenvalue weighted by molar-refractivity contribution is 0.153. The van der Waals surface area contributed by atoms with E-state index in [2.05, 4.69) is 37.5 Å². The van der Waals surface area contributed by atoms with Crippen molar-refractivity contribution in [3.05, 3.63) is 70.6 Å². The monoisotopic (exact) mass is 477 g/mol. The maximum Gasteiger partial charge on any atom is 0.132 e. The van der Waals surface area contributed by atoms with Crippen LogP contribution < -0.4 is 22.1 Å². The number of nitrogens with zero attached hydrogens (tertiary/aromatic N) is 4. The summed E-state index contributed by atoms with van der Waals surface area (Å²) < 4.78 is 0. The van der Waals surface area contributed by atoms with Crippen LogP contribution in [0.1, 0.15) is 20.3 Å². The van der Waals surface area contributed by atoms with Gasteiger partial charge in [0.15, 0.2) is 0 Å². The van der Waals surface area contributed by atoms with E-state index in [1.54, 1.807) is 12.3 Å². The summed E-state index contributed by atoms with van der Waals surface area (Å²) >= 11 is 0. The number of hydrogen-bond acceptors (Lipinski definition) is 8. The van der Waals surface area contributed by atoms with Gasteiger partial charge in [0, 0.05) is 68.7 Å². The standard InChI is InChI=1S/C26H39N9/c1-19(2)20(15-27)14-25(29)33-26-6-5-23-24(32-26)13-21(18-31-23)22(16-28)17-30-7-4-8-35-11-9-34(3)10-12-35/h5-6,13-19,27,31-32H,4,7-12,28H2,1-3H3,(H2,29,33). The van der Waals surface area contributed by atoms with E-state index >= 15 is 0 Å². The molecule has 3 aliphatic rings. The van der Waals surface area contributed by atoms with E-state index in [9.17, 15) is 0 Å². The number of dihydropyridines is 2. The van der Waals surface area contributed by atoms with Crippen molar-refractivity contribution in [2.45, 2.75) is 20.3 Å². The number of nitrogens with one attached hydrogen (secondary N) is 3. The zero-order valence-corrected chi connectivity index (χ0v) is 21.1. The second kappa shape index (κ2) is 12.9. The van der Waals surface area contributed by atoms with Crippen LogP contribution in [-0.2, 0) is 0 Å². The Balaban J connectivity index is 1.57. The normalized spacial score (nSPS) is 20.5. The van der Waals surface area contributed by atoms with E-state index < -0.39 is 0 Å². The Hall–Kier alpha value is -3.43. The molecule has 35 heavy (non-hydrogen) atoms. The van der Waals surface area contributed by atoms with Gasteiger partial charge in [-0.25, -0.2) is 4.99 Å². The first-order chi connectivity index (χ1) is 16.9. The van der Waals surface area contributed by atoms with Crippen molar-refractivity contribution in [2.24, 2.45) is 27.4 Å². The summed E-state index contributed by atoms with van der Waals surface area (Å²) in [5.41, 5.74) is 16.4. The smallest absolute Gasteiger partial charge is 0.132 e. The van der Waals surface area contributed by atoms with Crippen molar-refractivity contribution >= 4 is 18.3 Å². The highest BCUT2D eigenvalue weighted by Gasteiger charge is 2.17. The second-order valence-corrected chi connectivity index (χ2v) is 9.20. The molecule has 3 aliphatic heterocycles. The molecule has 1 fully saturated rings. The number of piperazine rings is 1. The van der Waals surface area contributed by atoms with Crippen LogP contribution in [-0.4, -0.2) is 74.4 Å². The Morgan fingerprint density at radius 3 is 2.66 bits per heavy atom. The van der Waals surface area contributed by atoms with Crippen molar-refractivity contribution in [1.29, 1.82) is 5.41 Å². The van der Waals surface area contributed by atoms with Gasteiger partial charge in [-0.2, -0.15) is 0 Å². The van der Waals surface area contributed by atoms with Crippen LogP contribution in [0.15, 0.2) is 80.6 Å². The molecule has 0 aliphatic carbocycles. The molecule has 3 rings (SSSR count). The molecule has 0 aromatic heterocycles. The molecule has 9 nitrogen and oxygen atoms in total. The molecule has 0 spiro atoms. The van der Waals surface area contributed by atoms with Crippen molar-refractivity contribution in [2.75, 3.05) is 46.3 Å². The molecule has 0 unspecified atom stereocenters. The predicted molar refractivity (Wildman–Crippen MR) is 146 cm³/mol. The summed E-state index contributed by atoms with van der Waals surface area (Å²) in [6.07, 6.45) is 15.2. The molecule has 0 radical (unpaired) electrons. The lowest BCUT2D eigenvalue weighted by atomic mass is 10.0. The van der Waals surface area contributed by atoms with Crippen LogP contribution in [0.2, 0.25) is 0 Å². The van der Waals surface area contributed by atoms with Crippen LogP contribution in [0.3, 0.4) is 0 Å². The van der Waals surface area contributed by atoms with Crippen LogP contribution in [0.5, 0.6) is 0 Å². The minimum absolute atomic E-state index is 0.203. The van der Waals surface area contributed by atoms with Gasteiger partial charge in [0.1, 0.15) is 11.7 Å². The lowest BCUT2D eigenvalue weighted by Crippen LogP contribution is -2.44. The van der Waals surface area contributed by atoms with E-state index in [0.29, 0.717) is 11.7 Å². The van der Waals surface area contributed by atoms with Crippen LogP contribution in [0.25, 0.3) is 0 Å². The Morgan fingerprint density at radius 2 is 1.97 bits per heavy atom. The first kappa shape index (κ1) is 26.2. The highest BCUT2D eigenvalue weighted by atomic mass is 15.2. The molecular formula is C26H39N9. The van der Waals surface area contributed by atoms with E-state index in [4.69, 9.17) is 16.9 Å².